The number of nitrogens with zero attached hydrogens (tertiary/aromatic N) is 1. The van der Waals surface area contributed by atoms with Crippen molar-refractivity contribution < 1.29 is 13.2 Å². The number of hydrogen-bond donors (Lipinski definition) is 1. The fraction of sp³-hybridized carbons (Fsp3) is 0.381. The Bertz CT molecular complexity index is 995. The molecule has 1 saturated heterocycles. The largest absolute Gasteiger partial charge is 0.325 e. The maximum atomic E-state index is 13.2. The highest BCUT2D eigenvalue weighted by Crippen LogP contribution is 2.30. The molecule has 1 amide bonds. The lowest BCUT2D eigenvalue weighted by atomic mass is 9.87. The van der Waals surface area contributed by atoms with Gasteiger partial charge in [0.15, 0.2) is 0 Å². The van der Waals surface area contributed by atoms with E-state index in [9.17, 15) is 13.2 Å². The first-order valence-electron chi connectivity index (χ1n) is 9.38. The number of benzene rings is 2. The third-order valence-corrected chi connectivity index (χ3v) is 7.32. The summed E-state index contributed by atoms with van der Waals surface area (Å²) in [5, 5.41) is 3.52. The summed E-state index contributed by atoms with van der Waals surface area (Å²) in [7, 11) is -3.78. The van der Waals surface area contributed by atoms with Gasteiger partial charge in [-0.15, -0.1) is 0 Å². The van der Waals surface area contributed by atoms with Crippen LogP contribution in [-0.2, 0) is 20.2 Å². The summed E-state index contributed by atoms with van der Waals surface area (Å²) in [6.45, 7) is 6.51. The lowest BCUT2D eigenvalue weighted by Crippen LogP contribution is -2.43. The number of halogens is 2. The molecule has 2 aromatic carbocycles. The van der Waals surface area contributed by atoms with Crippen molar-refractivity contribution in [2.45, 2.75) is 50.0 Å². The minimum Gasteiger partial charge on any atom is -0.325 e. The Morgan fingerprint density at radius 2 is 1.66 bits per heavy atom. The average Bonchev–Trinajstić information content (AvgIpc) is 3.11. The molecule has 1 heterocycles. The van der Waals surface area contributed by atoms with Crippen LogP contribution >= 0.6 is 23.2 Å². The maximum Gasteiger partial charge on any atom is 0.243 e. The molecule has 1 fully saturated rings. The van der Waals surface area contributed by atoms with Gasteiger partial charge in [0.25, 0.3) is 0 Å². The fourth-order valence-corrected chi connectivity index (χ4v) is 5.59. The van der Waals surface area contributed by atoms with Crippen molar-refractivity contribution in [1.82, 2.24) is 4.31 Å². The van der Waals surface area contributed by atoms with Crippen molar-refractivity contribution in [3.8, 4) is 0 Å². The third kappa shape index (κ3) is 4.94. The summed E-state index contributed by atoms with van der Waals surface area (Å²) in [6, 6.07) is 10.8. The molecule has 5 nitrogen and oxygen atoms in total. The predicted molar refractivity (Wildman–Crippen MR) is 117 cm³/mol. The molecule has 156 valence electrons. The van der Waals surface area contributed by atoms with Crippen LogP contribution in [0.25, 0.3) is 0 Å². The monoisotopic (exact) mass is 454 g/mol. The van der Waals surface area contributed by atoms with Crippen molar-refractivity contribution in [1.29, 1.82) is 0 Å². The van der Waals surface area contributed by atoms with Crippen LogP contribution in [0.4, 0.5) is 5.69 Å². The van der Waals surface area contributed by atoms with Crippen molar-refractivity contribution in [3.63, 3.8) is 0 Å². The van der Waals surface area contributed by atoms with Gasteiger partial charge in [0.1, 0.15) is 6.04 Å². The Kier molecular flexibility index (Phi) is 6.30. The number of amides is 1. The minimum atomic E-state index is -3.78. The first-order chi connectivity index (χ1) is 13.5. The zero-order chi connectivity index (χ0) is 21.4. The van der Waals surface area contributed by atoms with Crippen LogP contribution in [-0.4, -0.2) is 31.2 Å². The molecule has 2 aromatic rings. The first-order valence-corrected chi connectivity index (χ1v) is 11.6. The van der Waals surface area contributed by atoms with Gasteiger partial charge in [-0.05, 0) is 54.2 Å². The molecule has 1 unspecified atom stereocenters. The lowest BCUT2D eigenvalue weighted by molar-refractivity contribution is -0.119. The molecule has 1 atom stereocenters. The Balaban J connectivity index is 1.82. The highest BCUT2D eigenvalue weighted by Gasteiger charge is 2.39. The highest BCUT2D eigenvalue weighted by atomic mass is 35.5. The van der Waals surface area contributed by atoms with Gasteiger partial charge >= 0.3 is 0 Å². The van der Waals surface area contributed by atoms with Crippen molar-refractivity contribution in [3.05, 3.63) is 58.1 Å². The normalized spacial score (nSPS) is 18.0. The molecule has 1 aliphatic rings. The highest BCUT2D eigenvalue weighted by molar-refractivity contribution is 7.89. The third-order valence-electron chi connectivity index (χ3n) is 4.96. The smallest absolute Gasteiger partial charge is 0.243 e. The number of rotatable bonds is 4. The topological polar surface area (TPSA) is 66.5 Å². The summed E-state index contributed by atoms with van der Waals surface area (Å²) in [6.07, 6.45) is 1.08. The van der Waals surface area contributed by atoms with Gasteiger partial charge < -0.3 is 5.32 Å². The Morgan fingerprint density at radius 3 is 2.21 bits per heavy atom. The molecule has 0 spiro atoms. The summed E-state index contributed by atoms with van der Waals surface area (Å²) in [5.74, 6) is -0.393. The molecule has 0 radical (unpaired) electrons. The number of sulfonamides is 1. The average molecular weight is 455 g/mol. The van der Waals surface area contributed by atoms with E-state index < -0.39 is 22.0 Å². The molecular weight excluding hydrogens is 431 g/mol. The number of carbonyl (C=O) groups excluding carboxylic acids is 1. The minimum absolute atomic E-state index is 0.0728. The summed E-state index contributed by atoms with van der Waals surface area (Å²) in [5.41, 5.74) is 1.41. The second kappa shape index (κ2) is 8.26. The Labute approximate surface area is 182 Å². The quantitative estimate of drug-likeness (QED) is 0.699. The van der Waals surface area contributed by atoms with Crippen molar-refractivity contribution >= 4 is 44.8 Å². The van der Waals surface area contributed by atoms with Crippen molar-refractivity contribution in [2.24, 2.45) is 0 Å². The van der Waals surface area contributed by atoms with E-state index in [1.165, 1.54) is 4.31 Å². The summed E-state index contributed by atoms with van der Waals surface area (Å²) < 4.78 is 27.6. The predicted octanol–water partition coefficient (Wildman–Crippen LogP) is 5.08. The number of carbonyl (C=O) groups is 1. The van der Waals surface area contributed by atoms with Crippen LogP contribution in [0.3, 0.4) is 0 Å². The number of anilines is 1. The molecule has 0 aromatic heterocycles. The first kappa shape index (κ1) is 22.1. The lowest BCUT2D eigenvalue weighted by Gasteiger charge is -2.24. The molecule has 0 aliphatic carbocycles. The van der Waals surface area contributed by atoms with Crippen LogP contribution in [0.5, 0.6) is 0 Å². The van der Waals surface area contributed by atoms with E-state index in [1.807, 2.05) is 12.1 Å². The van der Waals surface area contributed by atoms with Crippen LogP contribution < -0.4 is 5.32 Å². The molecule has 1 N–H and O–H groups in total. The number of hydrogen-bond acceptors (Lipinski definition) is 3. The van der Waals surface area contributed by atoms with E-state index in [4.69, 9.17) is 23.2 Å². The SMILES string of the molecule is CC(C)(C)c1ccc(S(=O)(=O)N2CCCC2C(=O)Nc2cc(Cl)cc(Cl)c2)cc1. The molecule has 0 bridgehead atoms. The summed E-state index contributed by atoms with van der Waals surface area (Å²) >= 11 is 12.0. The Hall–Kier alpha value is -1.60. The van der Waals surface area contributed by atoms with Gasteiger partial charge in [-0.3, -0.25) is 4.79 Å². The van der Waals surface area contributed by atoms with E-state index >= 15 is 0 Å². The van der Waals surface area contributed by atoms with Crippen molar-refractivity contribution in [2.75, 3.05) is 11.9 Å². The van der Waals surface area contributed by atoms with Gasteiger partial charge in [0.2, 0.25) is 15.9 Å². The van der Waals surface area contributed by atoms with Gasteiger partial charge in [-0.1, -0.05) is 56.1 Å². The van der Waals surface area contributed by atoms with Gasteiger partial charge in [-0.25, -0.2) is 8.42 Å². The second-order valence-corrected chi connectivity index (χ2v) is 11.0. The van der Waals surface area contributed by atoms with Crippen LogP contribution in [0, 0.1) is 0 Å². The standard InChI is InChI=1S/C21H24Cl2N2O3S/c1-21(2,3)14-6-8-18(9-7-14)29(27,28)25-10-4-5-19(25)20(26)24-17-12-15(22)11-16(23)13-17/h6-9,11-13,19H,4-5,10H2,1-3H3,(H,24,26). The molecule has 0 saturated carbocycles. The van der Waals surface area contributed by atoms with E-state index in [1.54, 1.807) is 30.3 Å². The zero-order valence-electron chi connectivity index (χ0n) is 16.6. The fourth-order valence-electron chi connectivity index (χ4n) is 3.40. The van der Waals surface area contributed by atoms with E-state index in [0.717, 1.165) is 5.56 Å². The molecule has 8 heteroatoms. The molecule has 1 aliphatic heterocycles. The van der Waals surface area contributed by atoms with Gasteiger partial charge in [0.05, 0.1) is 4.90 Å². The second-order valence-electron chi connectivity index (χ2n) is 8.20. The van der Waals surface area contributed by atoms with Gasteiger partial charge in [0, 0.05) is 22.3 Å². The zero-order valence-corrected chi connectivity index (χ0v) is 18.9. The molecule has 29 heavy (non-hydrogen) atoms. The van der Waals surface area contributed by atoms with E-state index in [0.29, 0.717) is 35.1 Å². The van der Waals surface area contributed by atoms with E-state index in [-0.39, 0.29) is 10.3 Å². The van der Waals surface area contributed by atoms with Crippen LogP contribution in [0.2, 0.25) is 10.0 Å². The van der Waals surface area contributed by atoms with Crippen LogP contribution in [0.15, 0.2) is 47.4 Å². The van der Waals surface area contributed by atoms with Crippen LogP contribution in [0.1, 0.15) is 39.2 Å². The number of nitrogens with one attached hydrogen (secondary N) is 1. The summed E-state index contributed by atoms with van der Waals surface area (Å²) in [4.78, 5) is 13.0. The molecule has 3 rings (SSSR count). The Morgan fingerprint density at radius 1 is 1.07 bits per heavy atom. The van der Waals surface area contributed by atoms with E-state index in [2.05, 4.69) is 26.1 Å². The van der Waals surface area contributed by atoms with Gasteiger partial charge in [-0.2, -0.15) is 4.31 Å². The maximum absolute atomic E-state index is 13.2. The molecular formula is C21H24Cl2N2O3S.